The van der Waals surface area contributed by atoms with E-state index in [-0.39, 0.29) is 5.88 Å². The van der Waals surface area contributed by atoms with Crippen LogP contribution >= 0.6 is 0 Å². The molecule has 0 N–H and O–H groups in total. The van der Waals surface area contributed by atoms with E-state index in [0.29, 0.717) is 11.0 Å². The van der Waals surface area contributed by atoms with Gasteiger partial charge in [-0.2, -0.15) is 13.2 Å². The second-order valence-electron chi connectivity index (χ2n) is 2.79. The van der Waals surface area contributed by atoms with Gasteiger partial charge in [-0.15, -0.1) is 0 Å². The maximum Gasteiger partial charge on any atom is 0.422 e. The third-order valence-electron chi connectivity index (χ3n) is 1.42. The monoisotopic (exact) mass is 201 g/mol. The molecular weight excluding hydrogens is 194 g/mol. The number of hydrogen-bond donors (Lipinski definition) is 0. The van der Waals surface area contributed by atoms with Crippen molar-refractivity contribution in [1.82, 2.24) is 4.98 Å². The average molecular weight is 201 g/mol. The van der Waals surface area contributed by atoms with E-state index in [4.69, 9.17) is 7.85 Å². The van der Waals surface area contributed by atoms with Crippen molar-refractivity contribution < 1.29 is 17.9 Å². The standard InChI is InChI=1S/C8H7BF3NO/c1-5-2-6(9)3-13-7(5)14-4-8(10,11)12/h2-3H,4H2,1H3. The van der Waals surface area contributed by atoms with Gasteiger partial charge in [0.2, 0.25) is 5.88 Å². The van der Waals surface area contributed by atoms with Crippen LogP contribution in [0.3, 0.4) is 0 Å². The molecule has 0 saturated heterocycles. The number of pyridine rings is 1. The van der Waals surface area contributed by atoms with Gasteiger partial charge in [-0.1, -0.05) is 11.5 Å². The van der Waals surface area contributed by atoms with E-state index in [9.17, 15) is 13.2 Å². The number of aryl methyl sites for hydroxylation is 1. The summed E-state index contributed by atoms with van der Waals surface area (Å²) in [7, 11) is 5.37. The minimum Gasteiger partial charge on any atom is -0.468 e. The van der Waals surface area contributed by atoms with Gasteiger partial charge < -0.3 is 4.74 Å². The van der Waals surface area contributed by atoms with Crippen molar-refractivity contribution in [1.29, 1.82) is 0 Å². The summed E-state index contributed by atoms with van der Waals surface area (Å²) in [6.45, 7) is 0.236. The fourth-order valence-electron chi connectivity index (χ4n) is 0.885. The van der Waals surface area contributed by atoms with Crippen LogP contribution in [0.2, 0.25) is 0 Å². The predicted octanol–water partition coefficient (Wildman–Crippen LogP) is 1.12. The molecule has 0 spiro atoms. The maximum atomic E-state index is 11.8. The summed E-state index contributed by atoms with van der Waals surface area (Å²) in [6.07, 6.45) is -3.10. The minimum absolute atomic E-state index is 0.0449. The number of halogens is 3. The van der Waals surface area contributed by atoms with E-state index in [1.165, 1.54) is 12.3 Å². The van der Waals surface area contributed by atoms with Gasteiger partial charge in [-0.05, 0) is 6.92 Å². The van der Waals surface area contributed by atoms with Crippen molar-refractivity contribution in [2.75, 3.05) is 6.61 Å². The number of ether oxygens (including phenoxy) is 1. The summed E-state index contributed by atoms with van der Waals surface area (Å²) in [5, 5.41) is 0. The molecule has 0 aliphatic carbocycles. The lowest BCUT2D eigenvalue weighted by Crippen LogP contribution is -2.20. The molecule has 1 aromatic rings. The van der Waals surface area contributed by atoms with Crippen LogP contribution in [0.5, 0.6) is 5.88 Å². The van der Waals surface area contributed by atoms with Crippen LogP contribution < -0.4 is 10.2 Å². The van der Waals surface area contributed by atoms with Crippen molar-refractivity contribution in [3.63, 3.8) is 0 Å². The fourth-order valence-corrected chi connectivity index (χ4v) is 0.885. The maximum absolute atomic E-state index is 11.8. The van der Waals surface area contributed by atoms with Crippen LogP contribution in [0, 0.1) is 6.92 Å². The molecule has 0 aliphatic heterocycles. The molecule has 2 nitrogen and oxygen atoms in total. The Morgan fingerprint density at radius 1 is 1.50 bits per heavy atom. The number of rotatable bonds is 2. The first-order valence-corrected chi connectivity index (χ1v) is 3.80. The second kappa shape index (κ2) is 3.90. The Morgan fingerprint density at radius 2 is 2.14 bits per heavy atom. The predicted molar refractivity (Wildman–Crippen MR) is 45.9 cm³/mol. The first-order chi connectivity index (χ1) is 6.38. The fraction of sp³-hybridized carbons (Fsp3) is 0.375. The molecule has 0 amide bonds. The van der Waals surface area contributed by atoms with E-state index >= 15 is 0 Å². The third kappa shape index (κ3) is 3.28. The van der Waals surface area contributed by atoms with Gasteiger partial charge in [0.15, 0.2) is 6.61 Å². The first kappa shape index (κ1) is 10.9. The molecule has 6 heteroatoms. The van der Waals surface area contributed by atoms with Crippen LogP contribution in [0.15, 0.2) is 12.3 Å². The lowest BCUT2D eigenvalue weighted by atomic mass is 9.97. The zero-order valence-corrected chi connectivity index (χ0v) is 7.43. The van der Waals surface area contributed by atoms with Crippen molar-refractivity contribution in [3.05, 3.63) is 17.8 Å². The van der Waals surface area contributed by atoms with Gasteiger partial charge in [-0.25, -0.2) is 4.98 Å². The smallest absolute Gasteiger partial charge is 0.422 e. The molecular formula is C8H7BF3NO. The summed E-state index contributed by atoms with van der Waals surface area (Å²) < 4.78 is 39.8. The zero-order chi connectivity index (χ0) is 10.8. The van der Waals surface area contributed by atoms with Crippen molar-refractivity contribution >= 4 is 13.3 Å². The van der Waals surface area contributed by atoms with E-state index in [1.807, 2.05) is 0 Å². The van der Waals surface area contributed by atoms with E-state index in [2.05, 4.69) is 9.72 Å². The van der Waals surface area contributed by atoms with Crippen LogP contribution in [0.1, 0.15) is 5.56 Å². The molecule has 2 radical (unpaired) electrons. The number of aromatic nitrogens is 1. The molecule has 0 bridgehead atoms. The van der Waals surface area contributed by atoms with Gasteiger partial charge in [0.1, 0.15) is 7.85 Å². The lowest BCUT2D eigenvalue weighted by molar-refractivity contribution is -0.154. The number of nitrogens with zero attached hydrogens (tertiary/aromatic N) is 1. The highest BCUT2D eigenvalue weighted by atomic mass is 19.4. The van der Waals surface area contributed by atoms with Crippen molar-refractivity contribution in [2.45, 2.75) is 13.1 Å². The SMILES string of the molecule is [B]c1cnc(OCC(F)(F)F)c(C)c1. The van der Waals surface area contributed by atoms with Crippen molar-refractivity contribution in [2.24, 2.45) is 0 Å². The Hall–Kier alpha value is -1.20. The Bertz CT molecular complexity index is 327. The molecule has 0 fully saturated rings. The Labute approximate surface area is 80.5 Å². The Kier molecular flexibility index (Phi) is 3.03. The summed E-state index contributed by atoms with van der Waals surface area (Å²) >= 11 is 0. The molecule has 0 aromatic carbocycles. The van der Waals surface area contributed by atoms with Gasteiger partial charge in [0.05, 0.1) is 0 Å². The lowest BCUT2D eigenvalue weighted by Gasteiger charge is -2.10. The van der Waals surface area contributed by atoms with Gasteiger partial charge in [-0.3, -0.25) is 0 Å². The van der Waals surface area contributed by atoms with E-state index in [0.717, 1.165) is 0 Å². The molecule has 0 saturated carbocycles. The van der Waals surface area contributed by atoms with Crippen LogP contribution in [-0.2, 0) is 0 Å². The molecule has 1 rings (SSSR count). The minimum atomic E-state index is -4.35. The summed E-state index contributed by atoms with van der Waals surface area (Å²) in [6, 6.07) is 1.50. The van der Waals surface area contributed by atoms with Gasteiger partial charge >= 0.3 is 6.18 Å². The summed E-state index contributed by atoms with van der Waals surface area (Å²) in [5.74, 6) is -0.0449. The highest BCUT2D eigenvalue weighted by Gasteiger charge is 2.28. The van der Waals surface area contributed by atoms with Crippen molar-refractivity contribution in [3.8, 4) is 5.88 Å². The average Bonchev–Trinajstić information content (AvgIpc) is 2.00. The highest BCUT2D eigenvalue weighted by Crippen LogP contribution is 2.18. The Morgan fingerprint density at radius 3 is 2.64 bits per heavy atom. The van der Waals surface area contributed by atoms with E-state index in [1.54, 1.807) is 6.92 Å². The topological polar surface area (TPSA) is 22.1 Å². The molecule has 0 aliphatic rings. The largest absolute Gasteiger partial charge is 0.468 e. The van der Waals surface area contributed by atoms with Gasteiger partial charge in [0.25, 0.3) is 0 Å². The third-order valence-corrected chi connectivity index (χ3v) is 1.42. The summed E-state index contributed by atoms with van der Waals surface area (Å²) in [4.78, 5) is 3.63. The first-order valence-electron chi connectivity index (χ1n) is 3.80. The normalized spacial score (nSPS) is 11.4. The molecule has 1 aromatic heterocycles. The number of hydrogen-bond acceptors (Lipinski definition) is 2. The molecule has 74 valence electrons. The van der Waals surface area contributed by atoms with E-state index < -0.39 is 12.8 Å². The van der Waals surface area contributed by atoms with Gasteiger partial charge in [0, 0.05) is 11.8 Å². The van der Waals surface area contributed by atoms with Crippen LogP contribution in [0.4, 0.5) is 13.2 Å². The second-order valence-corrected chi connectivity index (χ2v) is 2.79. The quantitative estimate of drug-likeness (QED) is 0.669. The van der Waals surface area contributed by atoms with Crippen LogP contribution in [0.25, 0.3) is 0 Å². The highest BCUT2D eigenvalue weighted by molar-refractivity contribution is 6.32. The molecule has 0 atom stereocenters. The molecule has 14 heavy (non-hydrogen) atoms. The number of alkyl halides is 3. The summed E-state index contributed by atoms with van der Waals surface area (Å²) in [5.41, 5.74) is 0.871. The molecule has 0 unspecified atom stereocenters. The molecule has 1 heterocycles. The zero-order valence-electron chi connectivity index (χ0n) is 7.43. The Balaban J connectivity index is 2.68. The van der Waals surface area contributed by atoms with Crippen LogP contribution in [-0.4, -0.2) is 25.6 Å².